The van der Waals surface area contributed by atoms with Gasteiger partial charge < -0.3 is 9.15 Å². The number of rotatable bonds is 4. The maximum atomic E-state index is 5.59. The zero-order valence-electron chi connectivity index (χ0n) is 11.2. The van der Waals surface area contributed by atoms with Gasteiger partial charge in [0.2, 0.25) is 0 Å². The van der Waals surface area contributed by atoms with Gasteiger partial charge in [0.05, 0.1) is 11.4 Å². The summed E-state index contributed by atoms with van der Waals surface area (Å²) in [6.07, 6.45) is 0. The summed E-state index contributed by atoms with van der Waals surface area (Å²) in [6.45, 7) is 6.60. The van der Waals surface area contributed by atoms with Crippen LogP contribution in [0.5, 0.6) is 5.75 Å². The molecule has 0 saturated carbocycles. The molecule has 0 saturated heterocycles. The van der Waals surface area contributed by atoms with Gasteiger partial charge in [-0.3, -0.25) is 0 Å². The fraction of sp³-hybridized carbons (Fsp3) is 0.333. The molecule has 0 bridgehead atoms. The zero-order valence-corrected chi connectivity index (χ0v) is 14.3. The molecule has 0 aliphatic heterocycles. The van der Waals surface area contributed by atoms with E-state index in [1.54, 1.807) is 0 Å². The van der Waals surface area contributed by atoms with Crippen molar-refractivity contribution in [3.05, 3.63) is 51.4 Å². The Morgan fingerprint density at radius 3 is 2.47 bits per heavy atom. The van der Waals surface area contributed by atoms with Crippen molar-refractivity contribution in [2.75, 3.05) is 6.61 Å². The van der Waals surface area contributed by atoms with Gasteiger partial charge >= 0.3 is 0 Å². The van der Waals surface area contributed by atoms with Crippen LogP contribution >= 0.6 is 31.9 Å². The monoisotopic (exact) mass is 386 g/mol. The van der Waals surface area contributed by atoms with Gasteiger partial charge in [-0.1, -0.05) is 37.9 Å². The van der Waals surface area contributed by atoms with E-state index in [1.165, 1.54) is 0 Å². The van der Waals surface area contributed by atoms with Crippen molar-refractivity contribution in [3.8, 4) is 5.75 Å². The third kappa shape index (κ3) is 3.23. The summed E-state index contributed by atoms with van der Waals surface area (Å²) in [5.41, 5.74) is 2.31. The highest BCUT2D eigenvalue weighted by Gasteiger charge is 2.18. The first-order chi connectivity index (χ1) is 9.02. The quantitative estimate of drug-likeness (QED) is 0.642. The molecule has 19 heavy (non-hydrogen) atoms. The molecule has 1 unspecified atom stereocenters. The second-order valence-corrected chi connectivity index (χ2v) is 6.12. The minimum absolute atomic E-state index is 0.106. The van der Waals surface area contributed by atoms with Crippen molar-refractivity contribution in [3.63, 3.8) is 0 Å². The second-order valence-electron chi connectivity index (χ2n) is 4.35. The summed E-state index contributed by atoms with van der Waals surface area (Å²) in [7, 11) is 0. The molecule has 1 aromatic heterocycles. The molecule has 0 aliphatic rings. The normalized spacial score (nSPS) is 12.5. The van der Waals surface area contributed by atoms with Gasteiger partial charge in [-0.15, -0.1) is 0 Å². The minimum Gasteiger partial charge on any atom is -0.494 e. The van der Waals surface area contributed by atoms with E-state index in [-0.39, 0.29) is 4.83 Å². The Bertz CT molecular complexity index is 576. The molecule has 1 heterocycles. The third-order valence-corrected chi connectivity index (χ3v) is 4.58. The van der Waals surface area contributed by atoms with Crippen LogP contribution in [0.25, 0.3) is 0 Å². The SMILES string of the molecule is CCOc1ccc(C(Br)c2cc(C)oc2C)c(Br)c1. The van der Waals surface area contributed by atoms with E-state index in [0.29, 0.717) is 6.61 Å². The number of benzene rings is 1. The minimum atomic E-state index is 0.106. The summed E-state index contributed by atoms with van der Waals surface area (Å²) in [5, 5.41) is 0. The lowest BCUT2D eigenvalue weighted by atomic mass is 10.1. The van der Waals surface area contributed by atoms with E-state index in [2.05, 4.69) is 44.0 Å². The molecule has 4 heteroatoms. The Morgan fingerprint density at radius 2 is 1.95 bits per heavy atom. The summed E-state index contributed by atoms with van der Waals surface area (Å²) >= 11 is 7.35. The first-order valence-electron chi connectivity index (χ1n) is 6.16. The van der Waals surface area contributed by atoms with Gasteiger partial charge in [0, 0.05) is 10.0 Å². The molecule has 0 radical (unpaired) electrons. The number of ether oxygens (including phenoxy) is 1. The van der Waals surface area contributed by atoms with Crippen LogP contribution in [-0.4, -0.2) is 6.61 Å². The molecule has 2 aromatic rings. The lowest BCUT2D eigenvalue weighted by Gasteiger charge is -2.13. The first kappa shape index (κ1) is 14.7. The number of halogens is 2. The van der Waals surface area contributed by atoms with E-state index in [4.69, 9.17) is 9.15 Å². The van der Waals surface area contributed by atoms with Gasteiger partial charge in [-0.05, 0) is 44.5 Å². The Morgan fingerprint density at radius 1 is 1.21 bits per heavy atom. The molecule has 2 nitrogen and oxygen atoms in total. The maximum Gasteiger partial charge on any atom is 0.120 e. The van der Waals surface area contributed by atoms with Gasteiger partial charge in [-0.25, -0.2) is 0 Å². The molecule has 1 aromatic carbocycles. The summed E-state index contributed by atoms with van der Waals surface area (Å²) in [6, 6.07) is 8.11. The van der Waals surface area contributed by atoms with Crippen LogP contribution in [0.3, 0.4) is 0 Å². The summed E-state index contributed by atoms with van der Waals surface area (Å²) in [5.74, 6) is 2.75. The molecular formula is C15H16Br2O2. The van der Waals surface area contributed by atoms with Crippen molar-refractivity contribution in [1.29, 1.82) is 0 Å². The molecule has 1 atom stereocenters. The van der Waals surface area contributed by atoms with Gasteiger partial charge in [0.25, 0.3) is 0 Å². The van der Waals surface area contributed by atoms with Crippen LogP contribution in [0.15, 0.2) is 33.2 Å². The predicted octanol–water partition coefficient (Wildman–Crippen LogP) is 5.54. The number of aryl methyl sites for hydroxylation is 2. The Balaban J connectivity index is 2.33. The molecule has 0 spiro atoms. The largest absolute Gasteiger partial charge is 0.494 e. The maximum absolute atomic E-state index is 5.59. The fourth-order valence-electron chi connectivity index (χ4n) is 2.04. The van der Waals surface area contributed by atoms with E-state index < -0.39 is 0 Å². The van der Waals surface area contributed by atoms with Crippen LogP contribution in [0.4, 0.5) is 0 Å². The third-order valence-electron chi connectivity index (χ3n) is 2.91. The van der Waals surface area contributed by atoms with Gasteiger partial charge in [-0.2, -0.15) is 0 Å². The highest BCUT2D eigenvalue weighted by molar-refractivity contribution is 9.11. The van der Waals surface area contributed by atoms with Crippen LogP contribution in [0, 0.1) is 13.8 Å². The highest BCUT2D eigenvalue weighted by Crippen LogP contribution is 2.39. The van der Waals surface area contributed by atoms with E-state index in [0.717, 1.165) is 32.9 Å². The van der Waals surface area contributed by atoms with Crippen molar-refractivity contribution < 1.29 is 9.15 Å². The topological polar surface area (TPSA) is 22.4 Å². The number of hydrogen-bond acceptors (Lipinski definition) is 2. The van der Waals surface area contributed by atoms with E-state index in [1.807, 2.05) is 32.9 Å². The number of hydrogen-bond donors (Lipinski definition) is 0. The predicted molar refractivity (Wildman–Crippen MR) is 84.3 cm³/mol. The highest BCUT2D eigenvalue weighted by atomic mass is 79.9. The van der Waals surface area contributed by atoms with Gasteiger partial charge in [0.15, 0.2) is 0 Å². The molecule has 2 rings (SSSR count). The second kappa shape index (κ2) is 6.14. The molecule has 0 fully saturated rings. The molecule has 102 valence electrons. The standard InChI is InChI=1S/C15H16Br2O2/c1-4-18-11-5-6-12(14(16)8-11)15(17)13-7-9(2)19-10(13)3/h5-8,15H,4H2,1-3H3. The number of alkyl halides is 1. The molecule has 0 amide bonds. The molecular weight excluding hydrogens is 372 g/mol. The van der Waals surface area contributed by atoms with Crippen molar-refractivity contribution in [1.82, 2.24) is 0 Å². The lowest BCUT2D eigenvalue weighted by Crippen LogP contribution is -1.96. The van der Waals surface area contributed by atoms with Crippen LogP contribution in [0.2, 0.25) is 0 Å². The molecule has 0 aliphatic carbocycles. The Kier molecular flexibility index (Phi) is 4.74. The van der Waals surface area contributed by atoms with Crippen LogP contribution in [0.1, 0.15) is 34.4 Å². The van der Waals surface area contributed by atoms with Crippen LogP contribution in [-0.2, 0) is 0 Å². The van der Waals surface area contributed by atoms with E-state index in [9.17, 15) is 0 Å². The van der Waals surface area contributed by atoms with Crippen molar-refractivity contribution >= 4 is 31.9 Å². The fourth-order valence-corrected chi connectivity index (χ4v) is 3.79. The smallest absolute Gasteiger partial charge is 0.120 e. The van der Waals surface area contributed by atoms with Crippen LogP contribution < -0.4 is 4.74 Å². The average molecular weight is 388 g/mol. The van der Waals surface area contributed by atoms with Crippen molar-refractivity contribution in [2.24, 2.45) is 0 Å². The number of furan rings is 1. The first-order valence-corrected chi connectivity index (χ1v) is 7.87. The van der Waals surface area contributed by atoms with Crippen molar-refractivity contribution in [2.45, 2.75) is 25.6 Å². The molecule has 0 N–H and O–H groups in total. The zero-order chi connectivity index (χ0) is 14.0. The van der Waals surface area contributed by atoms with E-state index >= 15 is 0 Å². The Labute approximate surface area is 130 Å². The lowest BCUT2D eigenvalue weighted by molar-refractivity contribution is 0.340. The summed E-state index contributed by atoms with van der Waals surface area (Å²) in [4.78, 5) is 0.106. The van der Waals surface area contributed by atoms with Gasteiger partial charge in [0.1, 0.15) is 17.3 Å². The average Bonchev–Trinajstić information content (AvgIpc) is 2.68. The summed E-state index contributed by atoms with van der Waals surface area (Å²) < 4.78 is 12.1. The Hall–Kier alpha value is -0.740.